The summed E-state index contributed by atoms with van der Waals surface area (Å²) in [6.07, 6.45) is -0.0885. The van der Waals surface area contributed by atoms with Gasteiger partial charge in [-0.25, -0.2) is 18.4 Å². The highest BCUT2D eigenvalue weighted by atomic mass is 35.5. The van der Waals surface area contributed by atoms with E-state index in [1.54, 1.807) is 25.3 Å². The smallest absolute Gasteiger partial charge is 0.416 e. The molecule has 4 rings (SSSR count). The molecule has 1 aliphatic heterocycles. The maximum absolute atomic E-state index is 13.0. The molecule has 212 valence electrons. The highest BCUT2D eigenvalue weighted by Crippen LogP contribution is 2.38. The largest absolute Gasteiger partial charge is 0.456 e. The Hall–Kier alpha value is -3.71. The molecule has 9 nitrogen and oxygen atoms in total. The molecule has 0 spiro atoms. The van der Waals surface area contributed by atoms with E-state index in [0.29, 0.717) is 35.7 Å². The second-order valence-corrected chi connectivity index (χ2v) is 11.6. The van der Waals surface area contributed by atoms with Gasteiger partial charge in [-0.05, 0) is 49.7 Å². The van der Waals surface area contributed by atoms with E-state index in [2.05, 4.69) is 20.3 Å². The zero-order valence-electron chi connectivity index (χ0n) is 21.4. The van der Waals surface area contributed by atoms with E-state index in [4.69, 9.17) is 16.3 Å². The summed E-state index contributed by atoms with van der Waals surface area (Å²) < 4.78 is 67.7. The summed E-state index contributed by atoms with van der Waals surface area (Å²) in [5.41, 5.74) is 1.00. The predicted molar refractivity (Wildman–Crippen MR) is 145 cm³/mol. The lowest BCUT2D eigenvalue weighted by Gasteiger charge is -2.22. The second-order valence-electron chi connectivity index (χ2n) is 9.05. The van der Waals surface area contributed by atoms with Crippen molar-refractivity contribution in [3.05, 3.63) is 70.6 Å². The zero-order valence-corrected chi connectivity index (χ0v) is 23.0. The molecule has 1 N–H and O–H groups in total. The van der Waals surface area contributed by atoms with Crippen LogP contribution in [0.4, 0.5) is 24.7 Å². The summed E-state index contributed by atoms with van der Waals surface area (Å²) in [6, 6.07) is 8.81. The Kier molecular flexibility index (Phi) is 8.64. The summed E-state index contributed by atoms with van der Waals surface area (Å²) in [7, 11) is -3.45. The average Bonchev–Trinajstić information content (AvgIpc) is 3.29. The van der Waals surface area contributed by atoms with Crippen LogP contribution in [0, 0.1) is 0 Å². The molecule has 0 fully saturated rings. The molecule has 3 aromatic rings. The van der Waals surface area contributed by atoms with Gasteiger partial charge in [-0.15, -0.1) is 0 Å². The average molecular weight is 596 g/mol. The summed E-state index contributed by atoms with van der Waals surface area (Å²) in [5, 5.41) is 3.33. The van der Waals surface area contributed by atoms with E-state index < -0.39 is 33.2 Å². The highest BCUT2D eigenvalue weighted by molar-refractivity contribution is 7.91. The number of aromatic nitrogens is 2. The maximum Gasteiger partial charge on any atom is 0.416 e. The topological polar surface area (TPSA) is 114 Å². The van der Waals surface area contributed by atoms with E-state index in [-0.39, 0.29) is 29.1 Å². The van der Waals surface area contributed by atoms with E-state index in [1.165, 1.54) is 29.4 Å². The number of aliphatic imine (C=N–C) groups is 1. The molecule has 1 atom stereocenters. The van der Waals surface area contributed by atoms with Gasteiger partial charge >= 0.3 is 6.18 Å². The summed E-state index contributed by atoms with van der Waals surface area (Å²) in [6.45, 7) is 2.40. The second kappa shape index (κ2) is 11.8. The molecule has 1 aromatic heterocycles. The van der Waals surface area contributed by atoms with E-state index >= 15 is 0 Å². The fraction of sp³-hybridized carbons (Fsp3) is 0.308. The number of nitrogens with zero attached hydrogens (tertiary/aromatic N) is 4. The van der Waals surface area contributed by atoms with Crippen molar-refractivity contribution in [3.63, 3.8) is 0 Å². The maximum atomic E-state index is 13.0. The first-order chi connectivity index (χ1) is 18.8. The Morgan fingerprint density at radius 2 is 1.95 bits per heavy atom. The van der Waals surface area contributed by atoms with Crippen LogP contribution < -0.4 is 10.1 Å². The van der Waals surface area contributed by atoms with Gasteiger partial charge in [0.2, 0.25) is 5.91 Å². The number of hydrogen-bond acceptors (Lipinski definition) is 8. The first-order valence-corrected chi connectivity index (χ1v) is 14.5. The van der Waals surface area contributed by atoms with Crippen molar-refractivity contribution in [1.82, 2.24) is 14.9 Å². The lowest BCUT2D eigenvalue weighted by Crippen LogP contribution is -2.36. The minimum Gasteiger partial charge on any atom is -0.456 e. The molecule has 0 bridgehead atoms. The molecular weight excluding hydrogens is 571 g/mol. The van der Waals surface area contributed by atoms with Crippen molar-refractivity contribution in [2.75, 3.05) is 30.4 Å². The van der Waals surface area contributed by atoms with Crippen LogP contribution in [-0.4, -0.2) is 60.5 Å². The van der Waals surface area contributed by atoms with Crippen LogP contribution in [0.5, 0.6) is 11.5 Å². The fourth-order valence-electron chi connectivity index (χ4n) is 4.11. The normalized spacial score (nSPS) is 14.6. The Labute approximate surface area is 234 Å². The molecule has 40 heavy (non-hydrogen) atoms. The zero-order chi connectivity index (χ0) is 29.1. The highest BCUT2D eigenvalue weighted by Gasteiger charge is 2.31. The monoisotopic (exact) mass is 595 g/mol. The molecule has 0 radical (unpaired) electrons. The number of benzene rings is 2. The molecule has 0 aliphatic carbocycles. The van der Waals surface area contributed by atoms with Gasteiger partial charge in [-0.1, -0.05) is 17.7 Å². The summed E-state index contributed by atoms with van der Waals surface area (Å²) in [4.78, 5) is 26.9. The van der Waals surface area contributed by atoms with Gasteiger partial charge in [0.15, 0.2) is 9.84 Å². The molecule has 2 heterocycles. The van der Waals surface area contributed by atoms with Crippen LogP contribution in [0.25, 0.3) is 0 Å². The molecule has 14 heteroatoms. The SMILES string of the molecule is CCN(CCC1N=Cc2ncnc(Nc3ccc(Oc4cccc(C(F)(F)F)c4)c(Cl)c3)c21)C(=O)CS(C)(=O)=O. The fourth-order valence-corrected chi connectivity index (χ4v) is 4.96. The van der Waals surface area contributed by atoms with E-state index in [1.807, 2.05) is 0 Å². The quantitative estimate of drug-likeness (QED) is 0.332. The molecule has 0 saturated carbocycles. The Bertz CT molecular complexity index is 1550. The number of anilines is 2. The van der Waals surface area contributed by atoms with Crippen molar-refractivity contribution in [2.45, 2.75) is 25.6 Å². The number of carbonyl (C=O) groups excluding carboxylic acids is 1. The standard InChI is InChI=1S/C26H25ClF3N5O4S/c1-3-35(23(36)14-40(2,37)38)10-9-20-24-21(13-31-20)32-15-33-25(24)34-17-7-8-22(19(27)12-17)39-18-6-4-5-16(11-18)26(28,29)30/h4-8,11-13,15,20H,3,9-10,14H2,1-2H3,(H,32,33,34). The Balaban J connectivity index is 1.47. The van der Waals surface area contributed by atoms with Gasteiger partial charge in [-0.3, -0.25) is 9.79 Å². The lowest BCUT2D eigenvalue weighted by molar-refractivity contribution is -0.137. The number of amides is 1. The van der Waals surface area contributed by atoms with Crippen LogP contribution in [0.2, 0.25) is 5.02 Å². The Morgan fingerprint density at radius 1 is 1.18 bits per heavy atom. The third-order valence-corrected chi connectivity index (χ3v) is 7.07. The summed E-state index contributed by atoms with van der Waals surface area (Å²) in [5.74, 6) is -0.422. The molecule has 1 unspecified atom stereocenters. The van der Waals surface area contributed by atoms with Crippen molar-refractivity contribution < 1.29 is 31.1 Å². The number of ether oxygens (including phenoxy) is 1. The number of hydrogen-bond donors (Lipinski definition) is 1. The predicted octanol–water partition coefficient (Wildman–Crippen LogP) is 5.44. The number of rotatable bonds is 10. The first-order valence-electron chi connectivity index (χ1n) is 12.1. The number of alkyl halides is 3. The molecule has 1 amide bonds. The number of halogens is 4. The van der Waals surface area contributed by atoms with Crippen molar-refractivity contribution >= 4 is 45.1 Å². The molecule has 2 aromatic carbocycles. The molecule has 0 saturated heterocycles. The number of nitrogens with one attached hydrogen (secondary N) is 1. The van der Waals surface area contributed by atoms with Crippen LogP contribution in [0.15, 0.2) is 53.8 Å². The van der Waals surface area contributed by atoms with Crippen molar-refractivity contribution in [3.8, 4) is 11.5 Å². The first kappa shape index (κ1) is 29.3. The van der Waals surface area contributed by atoms with Gasteiger partial charge < -0.3 is 15.0 Å². The van der Waals surface area contributed by atoms with Crippen LogP contribution in [0.3, 0.4) is 0 Å². The third kappa shape index (κ3) is 7.27. The third-order valence-electron chi connectivity index (χ3n) is 6.00. The lowest BCUT2D eigenvalue weighted by atomic mass is 10.1. The van der Waals surface area contributed by atoms with E-state index in [0.717, 1.165) is 18.4 Å². The van der Waals surface area contributed by atoms with E-state index in [9.17, 15) is 26.4 Å². The Morgan fingerprint density at radius 3 is 2.62 bits per heavy atom. The molecule has 1 aliphatic rings. The van der Waals surface area contributed by atoms with Gasteiger partial charge in [0, 0.05) is 36.8 Å². The van der Waals surface area contributed by atoms with Gasteiger partial charge in [0.25, 0.3) is 0 Å². The number of sulfone groups is 1. The van der Waals surface area contributed by atoms with Crippen LogP contribution >= 0.6 is 11.6 Å². The minimum atomic E-state index is -4.50. The van der Waals surface area contributed by atoms with Crippen LogP contribution in [0.1, 0.15) is 36.2 Å². The summed E-state index contributed by atoms with van der Waals surface area (Å²) >= 11 is 6.37. The minimum absolute atomic E-state index is 0.0119. The number of fused-ring (bicyclic) bond motifs is 1. The van der Waals surface area contributed by atoms with Crippen molar-refractivity contribution in [2.24, 2.45) is 4.99 Å². The molecular formula is C26H25ClF3N5O4S. The van der Waals surface area contributed by atoms with Crippen LogP contribution in [-0.2, 0) is 20.8 Å². The van der Waals surface area contributed by atoms with Gasteiger partial charge in [-0.2, -0.15) is 13.2 Å². The van der Waals surface area contributed by atoms with Gasteiger partial charge in [0.1, 0.15) is 29.4 Å². The van der Waals surface area contributed by atoms with Gasteiger partial charge in [0.05, 0.1) is 22.3 Å². The number of carbonyl (C=O) groups is 1. The van der Waals surface area contributed by atoms with Crippen molar-refractivity contribution in [1.29, 1.82) is 0 Å².